The van der Waals surface area contributed by atoms with Crippen LogP contribution in [0.1, 0.15) is 59.3 Å². The summed E-state index contributed by atoms with van der Waals surface area (Å²) in [6.07, 6.45) is 8.39. The topological polar surface area (TPSA) is 21.3 Å². The standard InChI is InChI=1S/C15H31NO/c1-4-5-14-6-8-15(9-7-14)16-10-11-17-12-13(2)3/h13-16H,4-12H2,1-3H3. The molecular weight excluding hydrogens is 210 g/mol. The van der Waals surface area contributed by atoms with Crippen LogP contribution in [0.4, 0.5) is 0 Å². The van der Waals surface area contributed by atoms with Crippen LogP contribution in [0.5, 0.6) is 0 Å². The highest BCUT2D eigenvalue weighted by Crippen LogP contribution is 2.27. The molecule has 0 saturated heterocycles. The van der Waals surface area contributed by atoms with Gasteiger partial charge in [-0.3, -0.25) is 0 Å². The molecule has 0 bridgehead atoms. The van der Waals surface area contributed by atoms with E-state index in [0.717, 1.165) is 31.7 Å². The molecule has 0 radical (unpaired) electrons. The van der Waals surface area contributed by atoms with Gasteiger partial charge in [0.05, 0.1) is 6.61 Å². The Bertz CT molecular complexity index is 174. The Morgan fingerprint density at radius 2 is 1.88 bits per heavy atom. The minimum atomic E-state index is 0.652. The first-order chi connectivity index (χ1) is 8.22. The van der Waals surface area contributed by atoms with Crippen molar-refractivity contribution >= 4 is 0 Å². The van der Waals surface area contributed by atoms with E-state index >= 15 is 0 Å². The first-order valence-electron chi connectivity index (χ1n) is 7.53. The molecule has 0 heterocycles. The van der Waals surface area contributed by atoms with Crippen LogP contribution in [0.15, 0.2) is 0 Å². The van der Waals surface area contributed by atoms with Gasteiger partial charge in [-0.1, -0.05) is 33.6 Å². The molecule has 1 rings (SSSR count). The van der Waals surface area contributed by atoms with Crippen molar-refractivity contribution in [3.8, 4) is 0 Å². The molecule has 0 aromatic rings. The van der Waals surface area contributed by atoms with E-state index in [1.54, 1.807) is 0 Å². The fourth-order valence-corrected chi connectivity index (χ4v) is 2.72. The predicted molar refractivity (Wildman–Crippen MR) is 74.3 cm³/mol. The maximum absolute atomic E-state index is 5.58. The molecule has 0 amide bonds. The van der Waals surface area contributed by atoms with Gasteiger partial charge in [0.2, 0.25) is 0 Å². The van der Waals surface area contributed by atoms with E-state index in [4.69, 9.17) is 4.74 Å². The van der Waals surface area contributed by atoms with Crippen molar-refractivity contribution in [2.75, 3.05) is 19.8 Å². The van der Waals surface area contributed by atoms with Gasteiger partial charge in [0.15, 0.2) is 0 Å². The van der Waals surface area contributed by atoms with Crippen LogP contribution < -0.4 is 5.32 Å². The summed E-state index contributed by atoms with van der Waals surface area (Å²) >= 11 is 0. The number of ether oxygens (including phenoxy) is 1. The third kappa shape index (κ3) is 7.05. The van der Waals surface area contributed by atoms with E-state index in [1.807, 2.05) is 0 Å². The molecule has 0 aromatic heterocycles. The van der Waals surface area contributed by atoms with E-state index in [9.17, 15) is 0 Å². The molecule has 0 aliphatic heterocycles. The molecule has 1 aliphatic rings. The molecule has 0 atom stereocenters. The van der Waals surface area contributed by atoms with Crippen LogP contribution in [0.2, 0.25) is 0 Å². The lowest BCUT2D eigenvalue weighted by molar-refractivity contribution is 0.108. The second-order valence-electron chi connectivity index (χ2n) is 5.93. The summed E-state index contributed by atoms with van der Waals surface area (Å²) in [6.45, 7) is 9.48. The van der Waals surface area contributed by atoms with Gasteiger partial charge in [-0.25, -0.2) is 0 Å². The minimum absolute atomic E-state index is 0.652. The van der Waals surface area contributed by atoms with Crippen molar-refractivity contribution in [2.24, 2.45) is 11.8 Å². The van der Waals surface area contributed by atoms with E-state index < -0.39 is 0 Å². The van der Waals surface area contributed by atoms with Crippen LogP contribution in [0, 0.1) is 11.8 Å². The zero-order chi connectivity index (χ0) is 12.5. The van der Waals surface area contributed by atoms with E-state index in [0.29, 0.717) is 5.92 Å². The summed E-state index contributed by atoms with van der Waals surface area (Å²) in [5, 5.41) is 3.63. The lowest BCUT2D eigenvalue weighted by Crippen LogP contribution is -2.35. The van der Waals surface area contributed by atoms with Crippen LogP contribution in [-0.4, -0.2) is 25.8 Å². The number of rotatable bonds is 8. The maximum Gasteiger partial charge on any atom is 0.0591 e. The van der Waals surface area contributed by atoms with Crippen molar-refractivity contribution < 1.29 is 4.74 Å². The van der Waals surface area contributed by atoms with E-state index in [-0.39, 0.29) is 0 Å². The Labute approximate surface area is 108 Å². The highest BCUT2D eigenvalue weighted by atomic mass is 16.5. The quantitative estimate of drug-likeness (QED) is 0.656. The van der Waals surface area contributed by atoms with Crippen LogP contribution in [-0.2, 0) is 4.74 Å². The molecule has 0 spiro atoms. The highest BCUT2D eigenvalue weighted by Gasteiger charge is 2.19. The Morgan fingerprint density at radius 1 is 1.18 bits per heavy atom. The van der Waals surface area contributed by atoms with Gasteiger partial charge in [0, 0.05) is 19.2 Å². The Morgan fingerprint density at radius 3 is 2.47 bits per heavy atom. The molecule has 17 heavy (non-hydrogen) atoms. The third-order valence-corrected chi connectivity index (χ3v) is 3.67. The van der Waals surface area contributed by atoms with Gasteiger partial charge in [-0.05, 0) is 37.5 Å². The molecule has 102 valence electrons. The van der Waals surface area contributed by atoms with Crippen molar-refractivity contribution in [1.29, 1.82) is 0 Å². The Balaban J connectivity index is 1.95. The zero-order valence-corrected chi connectivity index (χ0v) is 12.0. The van der Waals surface area contributed by atoms with Crippen molar-refractivity contribution in [1.82, 2.24) is 5.32 Å². The number of hydrogen-bond acceptors (Lipinski definition) is 2. The van der Waals surface area contributed by atoms with Gasteiger partial charge in [-0.2, -0.15) is 0 Å². The highest BCUT2D eigenvalue weighted by molar-refractivity contribution is 4.76. The zero-order valence-electron chi connectivity index (χ0n) is 12.0. The molecule has 2 heteroatoms. The molecule has 1 saturated carbocycles. The summed E-state index contributed by atoms with van der Waals surface area (Å²) < 4.78 is 5.58. The van der Waals surface area contributed by atoms with Gasteiger partial charge in [-0.15, -0.1) is 0 Å². The van der Waals surface area contributed by atoms with Crippen molar-refractivity contribution in [2.45, 2.75) is 65.3 Å². The van der Waals surface area contributed by atoms with Crippen molar-refractivity contribution in [3.05, 3.63) is 0 Å². The predicted octanol–water partition coefficient (Wildman–Crippen LogP) is 3.61. The normalized spacial score (nSPS) is 25.4. The summed E-state index contributed by atoms with van der Waals surface area (Å²) in [5.41, 5.74) is 0. The summed E-state index contributed by atoms with van der Waals surface area (Å²) in [7, 11) is 0. The van der Waals surface area contributed by atoms with E-state index in [1.165, 1.54) is 38.5 Å². The smallest absolute Gasteiger partial charge is 0.0591 e. The summed E-state index contributed by atoms with van der Waals surface area (Å²) in [5.74, 6) is 1.66. The number of nitrogens with one attached hydrogen (secondary N) is 1. The molecule has 1 aliphatic carbocycles. The van der Waals surface area contributed by atoms with Gasteiger partial charge >= 0.3 is 0 Å². The average molecular weight is 241 g/mol. The average Bonchev–Trinajstić information content (AvgIpc) is 2.31. The van der Waals surface area contributed by atoms with Gasteiger partial charge in [0.1, 0.15) is 0 Å². The van der Waals surface area contributed by atoms with E-state index in [2.05, 4.69) is 26.1 Å². The maximum atomic E-state index is 5.58. The SMILES string of the molecule is CCCC1CCC(NCCOCC(C)C)CC1. The van der Waals surface area contributed by atoms with Crippen molar-refractivity contribution in [3.63, 3.8) is 0 Å². The van der Waals surface area contributed by atoms with Crippen LogP contribution >= 0.6 is 0 Å². The second-order valence-corrected chi connectivity index (χ2v) is 5.93. The Hall–Kier alpha value is -0.0800. The molecule has 1 fully saturated rings. The van der Waals surface area contributed by atoms with Gasteiger partial charge < -0.3 is 10.1 Å². The largest absolute Gasteiger partial charge is 0.380 e. The third-order valence-electron chi connectivity index (χ3n) is 3.67. The van der Waals surface area contributed by atoms with Crippen LogP contribution in [0.3, 0.4) is 0 Å². The fourth-order valence-electron chi connectivity index (χ4n) is 2.72. The minimum Gasteiger partial charge on any atom is -0.380 e. The molecular formula is C15H31NO. The molecule has 0 aromatic carbocycles. The van der Waals surface area contributed by atoms with Gasteiger partial charge in [0.25, 0.3) is 0 Å². The first-order valence-corrected chi connectivity index (χ1v) is 7.53. The Kier molecular flexibility index (Phi) is 7.87. The first kappa shape index (κ1) is 15.0. The summed E-state index contributed by atoms with van der Waals surface area (Å²) in [6, 6.07) is 0.755. The monoisotopic (exact) mass is 241 g/mol. The van der Waals surface area contributed by atoms with Crippen LogP contribution in [0.25, 0.3) is 0 Å². The lowest BCUT2D eigenvalue weighted by atomic mass is 9.83. The number of hydrogen-bond donors (Lipinski definition) is 1. The molecule has 2 nitrogen and oxygen atoms in total. The lowest BCUT2D eigenvalue weighted by Gasteiger charge is -2.29. The molecule has 0 unspecified atom stereocenters. The molecule has 1 N–H and O–H groups in total. The summed E-state index contributed by atoms with van der Waals surface area (Å²) in [4.78, 5) is 0. The fraction of sp³-hybridized carbons (Fsp3) is 1.00. The second kappa shape index (κ2) is 8.93.